The number of ether oxygens (including phenoxy) is 1. The molecule has 0 spiro atoms. The van der Waals surface area contributed by atoms with Crippen molar-refractivity contribution < 1.29 is 20.1 Å². The molecule has 3 N–H and O–H groups in total. The van der Waals surface area contributed by atoms with Gasteiger partial charge >= 0.3 is 0 Å². The van der Waals surface area contributed by atoms with E-state index in [9.17, 15) is 0 Å². The lowest BCUT2D eigenvalue weighted by molar-refractivity contribution is -0.00588. The third-order valence-corrected chi connectivity index (χ3v) is 1.44. The fraction of sp³-hybridized carbons (Fsp3) is 1.00. The van der Waals surface area contributed by atoms with E-state index in [0.29, 0.717) is 0 Å². The molecule has 0 radical (unpaired) electrons. The molecule has 54 valence electrons. The van der Waals surface area contributed by atoms with Crippen LogP contribution in [0.1, 0.15) is 0 Å². The van der Waals surface area contributed by atoms with Crippen molar-refractivity contribution in [2.75, 3.05) is 13.2 Å². The molecule has 0 aromatic rings. The van der Waals surface area contributed by atoms with Gasteiger partial charge in [-0.1, -0.05) is 0 Å². The van der Waals surface area contributed by atoms with Gasteiger partial charge in [0.25, 0.3) is 0 Å². The van der Waals surface area contributed by atoms with Crippen molar-refractivity contribution in [3.05, 3.63) is 0 Å². The zero-order valence-electron chi connectivity index (χ0n) is 4.90. The van der Waals surface area contributed by atoms with Crippen LogP contribution in [0.3, 0.4) is 0 Å². The lowest BCUT2D eigenvalue weighted by atomic mass is 10.2. The largest absolute Gasteiger partial charge is 0.394 e. The summed E-state index contributed by atoms with van der Waals surface area (Å²) in [6, 6.07) is 0. The second kappa shape index (κ2) is 2.62. The molecule has 0 amide bonds. The van der Waals surface area contributed by atoms with Gasteiger partial charge in [-0.2, -0.15) is 0 Å². The van der Waals surface area contributed by atoms with E-state index in [4.69, 9.17) is 20.1 Å². The average Bonchev–Trinajstić information content (AvgIpc) is 2.15. The first kappa shape index (κ1) is 6.95. The Labute approximate surface area is 52.7 Å². The van der Waals surface area contributed by atoms with Crippen LogP contribution in [0.25, 0.3) is 0 Å². The minimum Gasteiger partial charge on any atom is -0.394 e. The first-order valence-corrected chi connectivity index (χ1v) is 2.84. The fourth-order valence-corrected chi connectivity index (χ4v) is 0.828. The zero-order chi connectivity index (χ0) is 6.85. The molecule has 1 fully saturated rings. The van der Waals surface area contributed by atoms with Crippen molar-refractivity contribution in [1.29, 1.82) is 0 Å². The van der Waals surface area contributed by atoms with Crippen LogP contribution in [0, 0.1) is 0 Å². The molecule has 1 unspecified atom stereocenters. The Morgan fingerprint density at radius 1 is 1.44 bits per heavy atom. The van der Waals surface area contributed by atoms with Crippen LogP contribution in [-0.2, 0) is 4.74 Å². The van der Waals surface area contributed by atoms with E-state index >= 15 is 0 Å². The predicted octanol–water partition coefficient (Wildman–Crippen LogP) is -1.90. The molecule has 1 saturated heterocycles. The van der Waals surface area contributed by atoms with Crippen LogP contribution in [0.15, 0.2) is 0 Å². The topological polar surface area (TPSA) is 69.9 Å². The van der Waals surface area contributed by atoms with E-state index in [1.165, 1.54) is 0 Å². The van der Waals surface area contributed by atoms with Crippen LogP contribution >= 0.6 is 0 Å². The molecule has 0 aliphatic carbocycles. The summed E-state index contributed by atoms with van der Waals surface area (Å²) >= 11 is 0. The summed E-state index contributed by atoms with van der Waals surface area (Å²) < 4.78 is 4.78. The maximum absolute atomic E-state index is 8.92. The SMILES string of the molecule is OCC1OC[C@H](O)[C@H]1O. The van der Waals surface area contributed by atoms with Gasteiger partial charge < -0.3 is 20.1 Å². The smallest absolute Gasteiger partial charge is 0.110 e. The second-order valence-corrected chi connectivity index (χ2v) is 2.11. The summed E-state index contributed by atoms with van der Waals surface area (Å²) in [5.74, 6) is 0. The number of hydrogen-bond acceptors (Lipinski definition) is 4. The maximum Gasteiger partial charge on any atom is 0.110 e. The maximum atomic E-state index is 8.92. The third-order valence-electron chi connectivity index (χ3n) is 1.44. The summed E-state index contributed by atoms with van der Waals surface area (Å²) in [7, 11) is 0. The minimum atomic E-state index is -0.921. The number of aliphatic hydroxyl groups is 3. The van der Waals surface area contributed by atoms with Crippen molar-refractivity contribution in [2.45, 2.75) is 18.3 Å². The van der Waals surface area contributed by atoms with Crippen LogP contribution < -0.4 is 0 Å². The highest BCUT2D eigenvalue weighted by Crippen LogP contribution is 2.12. The molecular weight excluding hydrogens is 124 g/mol. The van der Waals surface area contributed by atoms with Crippen LogP contribution in [-0.4, -0.2) is 46.8 Å². The van der Waals surface area contributed by atoms with Gasteiger partial charge in [-0.3, -0.25) is 0 Å². The first-order valence-electron chi connectivity index (χ1n) is 2.84. The van der Waals surface area contributed by atoms with E-state index < -0.39 is 18.3 Å². The van der Waals surface area contributed by atoms with Gasteiger partial charge in [0.2, 0.25) is 0 Å². The Bertz CT molecular complexity index is 95.0. The van der Waals surface area contributed by atoms with Gasteiger partial charge in [-0.05, 0) is 0 Å². The minimum absolute atomic E-state index is 0.117. The summed E-state index contributed by atoms with van der Waals surface area (Å²) in [6.45, 7) is -0.120. The van der Waals surface area contributed by atoms with Gasteiger partial charge in [0.05, 0.1) is 13.2 Å². The van der Waals surface area contributed by atoms with E-state index in [0.717, 1.165) is 0 Å². The van der Waals surface area contributed by atoms with Crippen LogP contribution in [0.5, 0.6) is 0 Å². The quantitative estimate of drug-likeness (QED) is 0.392. The van der Waals surface area contributed by atoms with Crippen LogP contribution in [0.4, 0.5) is 0 Å². The van der Waals surface area contributed by atoms with Crippen molar-refractivity contribution in [3.8, 4) is 0 Å². The Balaban J connectivity index is 2.41. The number of hydrogen-bond donors (Lipinski definition) is 3. The highest BCUT2D eigenvalue weighted by molar-refractivity contribution is 4.81. The molecule has 0 bridgehead atoms. The number of aliphatic hydroxyl groups excluding tert-OH is 3. The van der Waals surface area contributed by atoms with Crippen molar-refractivity contribution in [3.63, 3.8) is 0 Å². The normalized spacial score (nSPS) is 43.7. The molecule has 0 aromatic carbocycles. The third kappa shape index (κ3) is 1.21. The van der Waals surface area contributed by atoms with Crippen LogP contribution in [0.2, 0.25) is 0 Å². The van der Waals surface area contributed by atoms with Crippen molar-refractivity contribution in [1.82, 2.24) is 0 Å². The molecule has 1 aliphatic heterocycles. The molecule has 0 saturated carbocycles. The van der Waals surface area contributed by atoms with Gasteiger partial charge in [-0.15, -0.1) is 0 Å². The van der Waals surface area contributed by atoms with Crippen molar-refractivity contribution >= 4 is 0 Å². The Morgan fingerprint density at radius 2 is 2.11 bits per heavy atom. The summed E-state index contributed by atoms with van der Waals surface area (Å²) in [5, 5.41) is 26.2. The van der Waals surface area contributed by atoms with Crippen molar-refractivity contribution in [2.24, 2.45) is 0 Å². The molecular formula is C5H10O4. The Hall–Kier alpha value is -0.160. The van der Waals surface area contributed by atoms with Gasteiger partial charge in [0.1, 0.15) is 18.3 Å². The first-order chi connectivity index (χ1) is 4.25. The monoisotopic (exact) mass is 134 g/mol. The number of rotatable bonds is 1. The highest BCUT2D eigenvalue weighted by atomic mass is 16.5. The molecule has 1 heterocycles. The standard InChI is InChI=1S/C5H10O4/c6-1-4-5(8)3(7)2-9-4/h3-8H,1-2H2/t3-,4?,5+/m0/s1. The molecule has 0 aromatic heterocycles. The molecule has 1 rings (SSSR count). The summed E-state index contributed by atoms with van der Waals surface area (Å²) in [6.07, 6.45) is -2.35. The van der Waals surface area contributed by atoms with E-state index in [2.05, 4.69) is 0 Å². The highest BCUT2D eigenvalue weighted by Gasteiger charge is 2.33. The summed E-state index contributed by atoms with van der Waals surface area (Å²) in [4.78, 5) is 0. The van der Waals surface area contributed by atoms with E-state index in [1.807, 2.05) is 0 Å². The van der Waals surface area contributed by atoms with Gasteiger partial charge in [-0.25, -0.2) is 0 Å². The zero-order valence-corrected chi connectivity index (χ0v) is 4.90. The lowest BCUT2D eigenvalue weighted by Gasteiger charge is -2.10. The van der Waals surface area contributed by atoms with E-state index in [1.54, 1.807) is 0 Å². The molecule has 9 heavy (non-hydrogen) atoms. The lowest BCUT2D eigenvalue weighted by Crippen LogP contribution is -2.31. The fourth-order valence-electron chi connectivity index (χ4n) is 0.828. The summed E-state index contributed by atoms with van der Waals surface area (Å²) in [5.41, 5.74) is 0. The van der Waals surface area contributed by atoms with Gasteiger partial charge in [0.15, 0.2) is 0 Å². The Morgan fingerprint density at radius 3 is 2.33 bits per heavy atom. The molecule has 3 atom stereocenters. The average molecular weight is 134 g/mol. The van der Waals surface area contributed by atoms with Gasteiger partial charge in [0, 0.05) is 0 Å². The Kier molecular flexibility index (Phi) is 2.02. The molecule has 4 heteroatoms. The molecule has 1 aliphatic rings. The second-order valence-electron chi connectivity index (χ2n) is 2.11. The van der Waals surface area contributed by atoms with E-state index in [-0.39, 0.29) is 13.2 Å². The predicted molar refractivity (Wildman–Crippen MR) is 28.8 cm³/mol. The molecule has 4 nitrogen and oxygen atoms in total.